The Morgan fingerprint density at radius 2 is 1.65 bits per heavy atom. The molecule has 0 unspecified atom stereocenters. The number of nitrogens with one attached hydrogen (secondary N) is 1. The van der Waals surface area contributed by atoms with E-state index in [2.05, 4.69) is 4.99 Å². The third-order valence-electron chi connectivity index (χ3n) is 3.10. The predicted molar refractivity (Wildman–Crippen MR) is 78.4 cm³/mol. The molecule has 0 spiro atoms. The molecular weight excluding hydrogens is 252 g/mol. The van der Waals surface area contributed by atoms with Crippen LogP contribution in [0.3, 0.4) is 0 Å². The third kappa shape index (κ3) is 2.07. The van der Waals surface area contributed by atoms with E-state index in [4.69, 9.17) is 5.41 Å². The molecule has 0 radical (unpaired) electrons. The summed E-state index contributed by atoms with van der Waals surface area (Å²) in [5.41, 5.74) is 2.84. The molecule has 0 aliphatic heterocycles. The van der Waals surface area contributed by atoms with Crippen LogP contribution in [0, 0.1) is 5.41 Å². The molecule has 3 N–H and O–H groups in total. The second kappa shape index (κ2) is 4.66. The third-order valence-corrected chi connectivity index (χ3v) is 3.10. The van der Waals surface area contributed by atoms with Crippen LogP contribution >= 0.6 is 0 Å². The van der Waals surface area contributed by atoms with Gasteiger partial charge in [0.2, 0.25) is 0 Å². The summed E-state index contributed by atoms with van der Waals surface area (Å²) in [5.74, 6) is 0.285. The first-order valence-electron chi connectivity index (χ1n) is 6.12. The Morgan fingerprint density at radius 3 is 2.40 bits per heavy atom. The fourth-order valence-electron chi connectivity index (χ4n) is 2.13. The molecule has 0 amide bonds. The first-order chi connectivity index (χ1) is 9.65. The molecule has 0 bridgehead atoms. The monoisotopic (exact) mass is 264 g/mol. The Labute approximate surface area is 115 Å². The van der Waals surface area contributed by atoms with Crippen molar-refractivity contribution in [2.75, 3.05) is 0 Å². The molecule has 0 aromatic heterocycles. The van der Waals surface area contributed by atoms with Crippen LogP contribution in [-0.4, -0.2) is 21.6 Å². The van der Waals surface area contributed by atoms with Crippen LogP contribution in [0.5, 0.6) is 11.5 Å². The Morgan fingerprint density at radius 1 is 0.900 bits per heavy atom. The van der Waals surface area contributed by atoms with Gasteiger partial charge in [-0.3, -0.25) is 0 Å². The molecule has 1 aliphatic carbocycles. The zero-order valence-corrected chi connectivity index (χ0v) is 10.5. The second-order valence-corrected chi connectivity index (χ2v) is 4.46. The van der Waals surface area contributed by atoms with Crippen LogP contribution in [0.25, 0.3) is 0 Å². The van der Waals surface area contributed by atoms with Gasteiger partial charge in [-0.25, -0.2) is 4.99 Å². The molecule has 0 atom stereocenters. The fraction of sp³-hybridized carbons (Fsp3) is 0. The van der Waals surface area contributed by atoms with Crippen LogP contribution in [-0.2, 0) is 0 Å². The molecule has 4 nitrogen and oxygen atoms in total. The molecule has 0 saturated carbocycles. The summed E-state index contributed by atoms with van der Waals surface area (Å²) >= 11 is 0. The van der Waals surface area contributed by atoms with Crippen molar-refractivity contribution >= 4 is 17.1 Å². The molecule has 3 rings (SSSR count). The highest BCUT2D eigenvalue weighted by atomic mass is 16.3. The van der Waals surface area contributed by atoms with E-state index < -0.39 is 0 Å². The van der Waals surface area contributed by atoms with Gasteiger partial charge in [-0.05, 0) is 42.5 Å². The van der Waals surface area contributed by atoms with Crippen LogP contribution < -0.4 is 0 Å². The summed E-state index contributed by atoms with van der Waals surface area (Å²) < 4.78 is 0. The molecule has 20 heavy (non-hydrogen) atoms. The lowest BCUT2D eigenvalue weighted by Gasteiger charge is -2.15. The Balaban J connectivity index is 2.14. The number of nitrogens with zero attached hydrogens (tertiary/aromatic N) is 1. The zero-order chi connectivity index (χ0) is 14.1. The van der Waals surface area contributed by atoms with Crippen LogP contribution in [0.4, 0.5) is 5.69 Å². The smallest absolute Gasteiger partial charge is 0.125 e. The van der Waals surface area contributed by atoms with Crippen molar-refractivity contribution < 1.29 is 10.2 Å². The lowest BCUT2D eigenvalue weighted by molar-refractivity contribution is 0.474. The van der Waals surface area contributed by atoms with E-state index in [1.807, 2.05) is 0 Å². The Bertz CT molecular complexity index is 744. The summed E-state index contributed by atoms with van der Waals surface area (Å²) in [6.45, 7) is 0. The number of rotatable bonds is 1. The first-order valence-corrected chi connectivity index (χ1v) is 6.12. The maximum Gasteiger partial charge on any atom is 0.125 e. The minimum atomic E-state index is 0.106. The number of fused-ring (bicyclic) bond motifs is 1. The highest BCUT2D eigenvalue weighted by molar-refractivity contribution is 6.26. The van der Waals surface area contributed by atoms with Gasteiger partial charge >= 0.3 is 0 Å². The Kier molecular flexibility index (Phi) is 2.84. The van der Waals surface area contributed by atoms with Crippen LogP contribution in [0.15, 0.2) is 59.6 Å². The van der Waals surface area contributed by atoms with Crippen LogP contribution in [0.1, 0.15) is 11.1 Å². The van der Waals surface area contributed by atoms with Crippen molar-refractivity contribution in [3.05, 3.63) is 65.7 Å². The van der Waals surface area contributed by atoms with E-state index in [1.54, 1.807) is 54.6 Å². The SMILES string of the molecule is N=C1C=CC(=Nc2ccc(O)cc2)c2c(O)cccc21. The van der Waals surface area contributed by atoms with Gasteiger partial charge in [-0.15, -0.1) is 0 Å². The van der Waals surface area contributed by atoms with Crippen molar-refractivity contribution in [3.63, 3.8) is 0 Å². The van der Waals surface area contributed by atoms with E-state index in [-0.39, 0.29) is 11.5 Å². The van der Waals surface area contributed by atoms with Crippen molar-refractivity contribution in [3.8, 4) is 11.5 Å². The van der Waals surface area contributed by atoms with E-state index in [9.17, 15) is 10.2 Å². The fourth-order valence-corrected chi connectivity index (χ4v) is 2.13. The van der Waals surface area contributed by atoms with Crippen molar-refractivity contribution in [2.45, 2.75) is 0 Å². The van der Waals surface area contributed by atoms with Gasteiger partial charge in [-0.2, -0.15) is 0 Å². The first kappa shape index (κ1) is 12.2. The van der Waals surface area contributed by atoms with Crippen molar-refractivity contribution in [2.24, 2.45) is 4.99 Å². The largest absolute Gasteiger partial charge is 0.508 e. The van der Waals surface area contributed by atoms with E-state index in [0.717, 1.165) is 0 Å². The van der Waals surface area contributed by atoms with Crippen molar-refractivity contribution in [1.82, 2.24) is 0 Å². The zero-order valence-electron chi connectivity index (χ0n) is 10.5. The van der Waals surface area contributed by atoms with Gasteiger partial charge in [0.1, 0.15) is 11.5 Å². The second-order valence-electron chi connectivity index (χ2n) is 4.46. The summed E-state index contributed by atoms with van der Waals surface area (Å²) in [5, 5.41) is 27.2. The van der Waals surface area contributed by atoms with Gasteiger partial charge in [0.15, 0.2) is 0 Å². The van der Waals surface area contributed by atoms with Crippen molar-refractivity contribution in [1.29, 1.82) is 5.41 Å². The molecule has 4 heteroatoms. The average Bonchev–Trinajstić information content (AvgIpc) is 2.45. The van der Waals surface area contributed by atoms with E-state index in [1.165, 1.54) is 0 Å². The minimum absolute atomic E-state index is 0.106. The molecule has 2 aromatic carbocycles. The summed E-state index contributed by atoms with van der Waals surface area (Å²) in [7, 11) is 0. The maximum atomic E-state index is 10.0. The van der Waals surface area contributed by atoms with Gasteiger partial charge in [0.25, 0.3) is 0 Å². The Hall–Kier alpha value is -2.88. The minimum Gasteiger partial charge on any atom is -0.508 e. The molecule has 98 valence electrons. The topological polar surface area (TPSA) is 76.7 Å². The standard InChI is InChI=1S/C16H12N2O2/c17-13-8-9-14(16-12(13)2-1-3-15(16)20)18-10-4-6-11(19)7-5-10/h1-9,17,19-20H. The van der Waals surface area contributed by atoms with Gasteiger partial charge in [0, 0.05) is 5.56 Å². The highest BCUT2D eigenvalue weighted by Gasteiger charge is 2.18. The highest BCUT2D eigenvalue weighted by Crippen LogP contribution is 2.28. The molecule has 0 fully saturated rings. The quantitative estimate of drug-likeness (QED) is 0.740. The molecular formula is C16H12N2O2. The summed E-state index contributed by atoms with van der Waals surface area (Å²) in [4.78, 5) is 4.46. The predicted octanol–water partition coefficient (Wildman–Crippen LogP) is 3.16. The number of aromatic hydroxyl groups is 2. The normalized spacial score (nSPS) is 15.4. The van der Waals surface area contributed by atoms with Crippen LogP contribution in [0.2, 0.25) is 0 Å². The number of phenolic OH excluding ortho intramolecular Hbond substituents is 2. The number of phenols is 2. The number of hydrogen-bond acceptors (Lipinski definition) is 4. The number of hydrogen-bond donors (Lipinski definition) is 3. The van der Waals surface area contributed by atoms with Gasteiger partial charge in [0.05, 0.1) is 22.7 Å². The average molecular weight is 264 g/mol. The number of benzene rings is 2. The number of aliphatic imine (C=N–C) groups is 1. The lowest BCUT2D eigenvalue weighted by Crippen LogP contribution is -2.12. The molecule has 0 saturated heterocycles. The molecule has 2 aromatic rings. The summed E-state index contributed by atoms with van der Waals surface area (Å²) in [6.07, 6.45) is 3.36. The van der Waals surface area contributed by atoms with E-state index >= 15 is 0 Å². The van der Waals surface area contributed by atoms with Gasteiger partial charge in [-0.1, -0.05) is 12.1 Å². The number of allylic oxidation sites excluding steroid dienone is 2. The maximum absolute atomic E-state index is 10.0. The molecule has 0 heterocycles. The summed E-state index contributed by atoms with van der Waals surface area (Å²) in [6, 6.07) is 11.6. The van der Waals surface area contributed by atoms with E-state index in [0.29, 0.717) is 28.2 Å². The lowest BCUT2D eigenvalue weighted by atomic mass is 9.93. The van der Waals surface area contributed by atoms with Gasteiger partial charge < -0.3 is 15.6 Å². The molecule has 1 aliphatic rings.